The minimum Gasteiger partial charge on any atom is -0.256 e. The normalized spacial score (nSPS) is 11.9. The van der Waals surface area contributed by atoms with Crippen molar-refractivity contribution in [3.63, 3.8) is 0 Å². The summed E-state index contributed by atoms with van der Waals surface area (Å²) in [5, 5.41) is 7.76. The van der Waals surface area contributed by atoms with Gasteiger partial charge in [0.1, 0.15) is 0 Å². The van der Waals surface area contributed by atoms with E-state index in [-0.39, 0.29) is 0 Å². The highest BCUT2D eigenvalue weighted by molar-refractivity contribution is 6.28. The Morgan fingerprint density at radius 2 is 1.00 bits per heavy atom. The highest BCUT2D eigenvalue weighted by Crippen LogP contribution is 2.50. The molecule has 0 bridgehead atoms. The zero-order chi connectivity index (χ0) is 23.6. The molecule has 0 spiro atoms. The second-order valence-electron chi connectivity index (χ2n) is 9.56. The first-order chi connectivity index (χ1) is 17.9. The maximum atomic E-state index is 4.78. The van der Waals surface area contributed by atoms with E-state index < -0.39 is 0 Å². The van der Waals surface area contributed by atoms with Gasteiger partial charge in [-0.3, -0.25) is 4.98 Å². The van der Waals surface area contributed by atoms with Crippen molar-refractivity contribution >= 4 is 32.3 Å². The van der Waals surface area contributed by atoms with Crippen molar-refractivity contribution in [2.45, 2.75) is 0 Å². The van der Waals surface area contributed by atoms with Gasteiger partial charge in [0.25, 0.3) is 0 Å². The fourth-order valence-corrected chi connectivity index (χ4v) is 6.02. The van der Waals surface area contributed by atoms with E-state index in [1.165, 1.54) is 71.3 Å². The van der Waals surface area contributed by atoms with Crippen molar-refractivity contribution in [3.8, 4) is 44.6 Å². The van der Waals surface area contributed by atoms with E-state index in [4.69, 9.17) is 4.98 Å². The van der Waals surface area contributed by atoms with Gasteiger partial charge in [-0.2, -0.15) is 0 Å². The molecule has 0 saturated carbocycles. The molecule has 0 unspecified atom stereocenters. The van der Waals surface area contributed by atoms with Crippen LogP contribution in [0.5, 0.6) is 0 Å². The number of pyridine rings is 1. The molecule has 0 radical (unpaired) electrons. The third-order valence-corrected chi connectivity index (χ3v) is 7.65. The molecule has 0 aliphatic heterocycles. The number of rotatable bonds is 2. The minimum absolute atomic E-state index is 1.09. The summed E-state index contributed by atoms with van der Waals surface area (Å²) in [5.74, 6) is 0. The summed E-state index contributed by atoms with van der Waals surface area (Å²) in [7, 11) is 0. The Kier molecular flexibility index (Phi) is 4.00. The van der Waals surface area contributed by atoms with E-state index in [9.17, 15) is 0 Å². The molecule has 1 heterocycles. The molecule has 1 aromatic heterocycles. The van der Waals surface area contributed by atoms with Crippen molar-refractivity contribution in [1.29, 1.82) is 0 Å². The number of benzene rings is 6. The topological polar surface area (TPSA) is 12.9 Å². The maximum Gasteiger partial charge on any atom is 0.0787 e. The van der Waals surface area contributed by atoms with Crippen LogP contribution in [-0.2, 0) is 0 Å². The first kappa shape index (κ1) is 19.5. The van der Waals surface area contributed by atoms with Gasteiger partial charge in [-0.1, -0.05) is 103 Å². The number of hydrogen-bond donors (Lipinski definition) is 0. The lowest BCUT2D eigenvalue weighted by Crippen LogP contribution is -1.88. The Balaban J connectivity index is 1.43. The van der Waals surface area contributed by atoms with Crippen molar-refractivity contribution in [1.82, 2.24) is 4.98 Å². The summed E-state index contributed by atoms with van der Waals surface area (Å²) in [5.41, 5.74) is 9.84. The van der Waals surface area contributed by atoms with Crippen LogP contribution in [0.2, 0.25) is 0 Å². The zero-order valence-corrected chi connectivity index (χ0v) is 19.6. The standard InChI is InChI=1S/C35H21N/c1-2-8-22(9-3-1)23-15-17-24(18-16-23)30-20-32-28-13-6-12-27-29-14-7-19-36-35(29)33(34(27)28)21-31(32)26-11-5-4-10-25(26)30/h1-21H. The molecular formula is C35H21N. The number of nitrogens with zero attached hydrogens (tertiary/aromatic N) is 1. The largest absolute Gasteiger partial charge is 0.256 e. The summed E-state index contributed by atoms with van der Waals surface area (Å²) in [6.45, 7) is 0. The highest BCUT2D eigenvalue weighted by Gasteiger charge is 2.24. The van der Waals surface area contributed by atoms with Gasteiger partial charge in [-0.25, -0.2) is 0 Å². The second-order valence-corrected chi connectivity index (χ2v) is 9.56. The first-order valence-electron chi connectivity index (χ1n) is 12.4. The average molecular weight is 456 g/mol. The molecule has 0 amide bonds. The van der Waals surface area contributed by atoms with Crippen molar-refractivity contribution < 1.29 is 0 Å². The minimum atomic E-state index is 1.09. The van der Waals surface area contributed by atoms with Gasteiger partial charge in [0, 0.05) is 17.3 Å². The summed E-state index contributed by atoms with van der Waals surface area (Å²) >= 11 is 0. The molecule has 1 heteroatoms. The summed E-state index contributed by atoms with van der Waals surface area (Å²) in [6.07, 6.45) is 1.90. The Labute approximate surface area is 209 Å². The lowest BCUT2D eigenvalue weighted by molar-refractivity contribution is 1.35. The van der Waals surface area contributed by atoms with E-state index in [2.05, 4.69) is 115 Å². The molecule has 0 N–H and O–H groups in total. The summed E-state index contributed by atoms with van der Waals surface area (Å²) < 4.78 is 0. The molecule has 0 saturated heterocycles. The van der Waals surface area contributed by atoms with Gasteiger partial charge in [0.15, 0.2) is 0 Å². The van der Waals surface area contributed by atoms with Crippen molar-refractivity contribution in [2.24, 2.45) is 0 Å². The molecule has 36 heavy (non-hydrogen) atoms. The molecule has 0 atom stereocenters. The van der Waals surface area contributed by atoms with E-state index in [0.717, 1.165) is 5.69 Å². The van der Waals surface area contributed by atoms with Crippen LogP contribution >= 0.6 is 0 Å². The van der Waals surface area contributed by atoms with Gasteiger partial charge in [0.2, 0.25) is 0 Å². The molecule has 8 rings (SSSR count). The Morgan fingerprint density at radius 3 is 1.86 bits per heavy atom. The third-order valence-electron chi connectivity index (χ3n) is 7.65. The van der Waals surface area contributed by atoms with Gasteiger partial charge in [-0.05, 0) is 78.3 Å². The Hall–Kier alpha value is -4.75. The maximum absolute atomic E-state index is 4.78. The molecule has 7 aromatic rings. The predicted octanol–water partition coefficient (Wildman–Crippen LogP) is 9.52. The molecule has 6 aromatic carbocycles. The molecule has 1 nitrogen and oxygen atoms in total. The zero-order valence-electron chi connectivity index (χ0n) is 19.6. The Morgan fingerprint density at radius 1 is 0.361 bits per heavy atom. The van der Waals surface area contributed by atoms with Crippen LogP contribution in [0.25, 0.3) is 77.0 Å². The lowest BCUT2D eigenvalue weighted by Gasteiger charge is -2.15. The summed E-state index contributed by atoms with van der Waals surface area (Å²) in [4.78, 5) is 4.78. The van der Waals surface area contributed by atoms with E-state index in [1.807, 2.05) is 12.3 Å². The molecule has 0 fully saturated rings. The van der Waals surface area contributed by atoms with E-state index >= 15 is 0 Å². The van der Waals surface area contributed by atoms with E-state index in [1.54, 1.807) is 0 Å². The smallest absolute Gasteiger partial charge is 0.0787 e. The van der Waals surface area contributed by atoms with Crippen LogP contribution in [0.15, 0.2) is 128 Å². The average Bonchev–Trinajstić information content (AvgIpc) is 3.28. The number of hydrogen-bond acceptors (Lipinski definition) is 1. The van der Waals surface area contributed by atoms with Gasteiger partial charge < -0.3 is 0 Å². The monoisotopic (exact) mass is 455 g/mol. The number of fused-ring (bicyclic) bond motifs is 7. The van der Waals surface area contributed by atoms with Crippen LogP contribution in [0.3, 0.4) is 0 Å². The van der Waals surface area contributed by atoms with Crippen LogP contribution in [0.1, 0.15) is 0 Å². The number of aromatic nitrogens is 1. The lowest BCUT2D eigenvalue weighted by atomic mass is 9.89. The molecule has 1 aliphatic rings. The molecule has 1 aliphatic carbocycles. The molecular weight excluding hydrogens is 434 g/mol. The Bertz CT molecular complexity index is 1970. The fourth-order valence-electron chi connectivity index (χ4n) is 6.02. The van der Waals surface area contributed by atoms with Crippen LogP contribution in [0.4, 0.5) is 0 Å². The SMILES string of the molecule is c1ccc(-c2ccc(-c3cc4c5cccc6c5c(cc4c4ccccc34)-c3ncccc3-6)cc2)cc1. The van der Waals surface area contributed by atoms with E-state index in [0.29, 0.717) is 0 Å². The van der Waals surface area contributed by atoms with Crippen LogP contribution < -0.4 is 0 Å². The predicted molar refractivity (Wildman–Crippen MR) is 152 cm³/mol. The third kappa shape index (κ3) is 2.68. The van der Waals surface area contributed by atoms with Gasteiger partial charge in [-0.15, -0.1) is 0 Å². The highest BCUT2D eigenvalue weighted by atomic mass is 14.7. The summed E-state index contributed by atoms with van der Waals surface area (Å²) in [6, 6.07) is 44.0. The quantitative estimate of drug-likeness (QED) is 0.237. The van der Waals surface area contributed by atoms with Crippen LogP contribution in [-0.4, -0.2) is 4.98 Å². The second kappa shape index (κ2) is 7.37. The van der Waals surface area contributed by atoms with Crippen LogP contribution in [0, 0.1) is 0 Å². The first-order valence-corrected chi connectivity index (χ1v) is 12.4. The molecule has 166 valence electrons. The van der Waals surface area contributed by atoms with Gasteiger partial charge >= 0.3 is 0 Å². The van der Waals surface area contributed by atoms with Crippen molar-refractivity contribution in [2.75, 3.05) is 0 Å². The van der Waals surface area contributed by atoms with Crippen molar-refractivity contribution in [3.05, 3.63) is 128 Å². The van der Waals surface area contributed by atoms with Gasteiger partial charge in [0.05, 0.1) is 5.69 Å². The fraction of sp³-hybridized carbons (Fsp3) is 0.